The quantitative estimate of drug-likeness (QED) is 0.888. The third kappa shape index (κ3) is 3.73. The van der Waals surface area contributed by atoms with Crippen LogP contribution in [0.1, 0.15) is 44.8 Å². The molecule has 1 aromatic rings. The SMILES string of the molecule is CC(C)NC(=O)N1CCC[C@@H]1C[C@@H](O)c1ccccc1. The highest BCUT2D eigenvalue weighted by atomic mass is 16.3. The molecule has 4 heteroatoms. The maximum atomic E-state index is 12.1. The topological polar surface area (TPSA) is 52.6 Å². The van der Waals surface area contributed by atoms with E-state index in [4.69, 9.17) is 0 Å². The van der Waals surface area contributed by atoms with Crippen molar-refractivity contribution in [3.63, 3.8) is 0 Å². The first-order valence-electron chi connectivity index (χ1n) is 7.38. The normalized spacial score (nSPS) is 20.2. The molecule has 0 unspecified atom stereocenters. The van der Waals surface area contributed by atoms with Crippen molar-refractivity contribution in [3.8, 4) is 0 Å². The van der Waals surface area contributed by atoms with E-state index in [0.29, 0.717) is 6.42 Å². The molecule has 1 aromatic carbocycles. The fourth-order valence-corrected chi connectivity index (χ4v) is 2.75. The summed E-state index contributed by atoms with van der Waals surface area (Å²) in [5, 5.41) is 13.2. The molecular formula is C16H24N2O2. The van der Waals surface area contributed by atoms with Gasteiger partial charge in [-0.1, -0.05) is 30.3 Å². The predicted octanol–water partition coefficient (Wildman–Crippen LogP) is 2.69. The van der Waals surface area contributed by atoms with E-state index in [2.05, 4.69) is 5.32 Å². The van der Waals surface area contributed by atoms with Crippen molar-refractivity contribution in [1.29, 1.82) is 0 Å². The van der Waals surface area contributed by atoms with Crippen LogP contribution in [0.25, 0.3) is 0 Å². The summed E-state index contributed by atoms with van der Waals surface area (Å²) < 4.78 is 0. The van der Waals surface area contributed by atoms with Gasteiger partial charge in [-0.3, -0.25) is 0 Å². The van der Waals surface area contributed by atoms with Gasteiger partial charge < -0.3 is 15.3 Å². The Kier molecular flexibility index (Phi) is 5.01. The molecule has 1 aliphatic heterocycles. The Labute approximate surface area is 120 Å². The van der Waals surface area contributed by atoms with E-state index in [1.165, 1.54) is 0 Å². The van der Waals surface area contributed by atoms with Crippen LogP contribution in [0.15, 0.2) is 30.3 Å². The Bertz CT molecular complexity index is 433. The summed E-state index contributed by atoms with van der Waals surface area (Å²) in [4.78, 5) is 14.0. The van der Waals surface area contributed by atoms with Crippen LogP contribution in [0.4, 0.5) is 4.79 Å². The minimum absolute atomic E-state index is 0.0113. The van der Waals surface area contributed by atoms with Gasteiger partial charge in [0.05, 0.1) is 6.10 Å². The third-order valence-corrected chi connectivity index (χ3v) is 3.73. The number of likely N-dealkylation sites (tertiary alicyclic amines) is 1. The molecule has 0 bridgehead atoms. The molecule has 4 nitrogen and oxygen atoms in total. The van der Waals surface area contributed by atoms with Crippen LogP contribution in [0, 0.1) is 0 Å². The van der Waals surface area contributed by atoms with Crippen LogP contribution in [0.3, 0.4) is 0 Å². The lowest BCUT2D eigenvalue weighted by Crippen LogP contribution is -2.45. The Hall–Kier alpha value is -1.55. The van der Waals surface area contributed by atoms with E-state index in [1.807, 2.05) is 49.1 Å². The van der Waals surface area contributed by atoms with Crippen molar-refractivity contribution < 1.29 is 9.90 Å². The number of urea groups is 1. The minimum atomic E-state index is -0.506. The third-order valence-electron chi connectivity index (χ3n) is 3.73. The summed E-state index contributed by atoms with van der Waals surface area (Å²) in [7, 11) is 0. The number of nitrogens with one attached hydrogen (secondary N) is 1. The lowest BCUT2D eigenvalue weighted by molar-refractivity contribution is 0.125. The molecule has 1 saturated heterocycles. The molecule has 0 aromatic heterocycles. The highest BCUT2D eigenvalue weighted by Crippen LogP contribution is 2.27. The van der Waals surface area contributed by atoms with Gasteiger partial charge in [0.1, 0.15) is 0 Å². The zero-order chi connectivity index (χ0) is 14.5. The van der Waals surface area contributed by atoms with Crippen LogP contribution < -0.4 is 5.32 Å². The van der Waals surface area contributed by atoms with Gasteiger partial charge in [0, 0.05) is 18.6 Å². The summed E-state index contributed by atoms with van der Waals surface area (Å²) in [6.07, 6.45) is 2.08. The number of amides is 2. The van der Waals surface area contributed by atoms with Crippen molar-refractivity contribution in [1.82, 2.24) is 10.2 Å². The monoisotopic (exact) mass is 276 g/mol. The first kappa shape index (κ1) is 14.9. The molecule has 2 amide bonds. The van der Waals surface area contributed by atoms with Gasteiger partial charge in [-0.05, 0) is 38.7 Å². The van der Waals surface area contributed by atoms with Gasteiger partial charge >= 0.3 is 6.03 Å². The first-order chi connectivity index (χ1) is 9.58. The smallest absolute Gasteiger partial charge is 0.317 e. The van der Waals surface area contributed by atoms with E-state index in [-0.39, 0.29) is 18.1 Å². The molecule has 20 heavy (non-hydrogen) atoms. The summed E-state index contributed by atoms with van der Waals surface area (Å²) >= 11 is 0. The lowest BCUT2D eigenvalue weighted by atomic mass is 10.0. The Morgan fingerprint density at radius 3 is 2.75 bits per heavy atom. The summed E-state index contributed by atoms with van der Waals surface area (Å²) in [6.45, 7) is 4.70. The number of aliphatic hydroxyl groups excluding tert-OH is 1. The van der Waals surface area contributed by atoms with E-state index in [0.717, 1.165) is 24.9 Å². The van der Waals surface area contributed by atoms with Crippen LogP contribution in [-0.4, -0.2) is 34.7 Å². The average Bonchev–Trinajstić information content (AvgIpc) is 2.87. The highest BCUT2D eigenvalue weighted by molar-refractivity contribution is 5.75. The maximum absolute atomic E-state index is 12.1. The number of carbonyl (C=O) groups excluding carboxylic acids is 1. The molecule has 2 atom stereocenters. The number of hydrogen-bond donors (Lipinski definition) is 2. The fraction of sp³-hybridized carbons (Fsp3) is 0.562. The number of nitrogens with zero attached hydrogens (tertiary/aromatic N) is 1. The van der Waals surface area contributed by atoms with E-state index < -0.39 is 6.10 Å². The molecule has 1 aliphatic rings. The largest absolute Gasteiger partial charge is 0.388 e. The number of aliphatic hydroxyl groups is 1. The van der Waals surface area contributed by atoms with Gasteiger partial charge in [0.2, 0.25) is 0 Å². The Balaban J connectivity index is 1.96. The van der Waals surface area contributed by atoms with Crippen LogP contribution in [-0.2, 0) is 0 Å². The van der Waals surface area contributed by atoms with Gasteiger partial charge in [-0.2, -0.15) is 0 Å². The number of hydrogen-bond acceptors (Lipinski definition) is 2. The molecule has 0 radical (unpaired) electrons. The van der Waals surface area contributed by atoms with Crippen LogP contribution >= 0.6 is 0 Å². The molecule has 110 valence electrons. The summed E-state index contributed by atoms with van der Waals surface area (Å²) in [6, 6.07) is 9.91. The van der Waals surface area contributed by atoms with Crippen molar-refractivity contribution in [3.05, 3.63) is 35.9 Å². The maximum Gasteiger partial charge on any atom is 0.317 e. The van der Waals surface area contributed by atoms with Gasteiger partial charge in [0.25, 0.3) is 0 Å². The van der Waals surface area contributed by atoms with Crippen molar-refractivity contribution in [2.45, 2.75) is 51.3 Å². The van der Waals surface area contributed by atoms with E-state index in [9.17, 15) is 9.90 Å². The highest BCUT2D eigenvalue weighted by Gasteiger charge is 2.30. The molecule has 1 fully saturated rings. The van der Waals surface area contributed by atoms with Crippen LogP contribution in [0.5, 0.6) is 0 Å². The molecule has 0 saturated carbocycles. The van der Waals surface area contributed by atoms with Gasteiger partial charge in [0.15, 0.2) is 0 Å². The zero-order valence-corrected chi connectivity index (χ0v) is 12.2. The average molecular weight is 276 g/mol. The second kappa shape index (κ2) is 6.75. The molecule has 2 rings (SSSR count). The van der Waals surface area contributed by atoms with Crippen molar-refractivity contribution in [2.24, 2.45) is 0 Å². The lowest BCUT2D eigenvalue weighted by Gasteiger charge is -2.27. The Morgan fingerprint density at radius 2 is 2.10 bits per heavy atom. The van der Waals surface area contributed by atoms with Crippen molar-refractivity contribution in [2.75, 3.05) is 6.54 Å². The molecule has 0 spiro atoms. The van der Waals surface area contributed by atoms with Gasteiger partial charge in [-0.25, -0.2) is 4.79 Å². The van der Waals surface area contributed by atoms with E-state index >= 15 is 0 Å². The summed E-state index contributed by atoms with van der Waals surface area (Å²) in [5.74, 6) is 0. The molecule has 0 aliphatic carbocycles. The standard InChI is InChI=1S/C16H24N2O2/c1-12(2)17-16(20)18-10-6-9-14(18)11-15(19)13-7-4-3-5-8-13/h3-5,7-8,12,14-15,19H,6,9-11H2,1-2H3,(H,17,20)/t14-,15-/m1/s1. The molecule has 2 N–H and O–H groups in total. The second-order valence-electron chi connectivity index (χ2n) is 5.76. The summed E-state index contributed by atoms with van der Waals surface area (Å²) in [5.41, 5.74) is 0.920. The van der Waals surface area contributed by atoms with E-state index in [1.54, 1.807) is 0 Å². The number of rotatable bonds is 4. The second-order valence-corrected chi connectivity index (χ2v) is 5.76. The van der Waals surface area contributed by atoms with Crippen LogP contribution in [0.2, 0.25) is 0 Å². The minimum Gasteiger partial charge on any atom is -0.388 e. The predicted molar refractivity (Wildman–Crippen MR) is 79.4 cm³/mol. The number of carbonyl (C=O) groups is 1. The molecule has 1 heterocycles. The fourth-order valence-electron chi connectivity index (χ4n) is 2.75. The molecular weight excluding hydrogens is 252 g/mol. The zero-order valence-electron chi connectivity index (χ0n) is 12.2. The van der Waals surface area contributed by atoms with Gasteiger partial charge in [-0.15, -0.1) is 0 Å². The van der Waals surface area contributed by atoms with Crippen molar-refractivity contribution >= 4 is 6.03 Å². The Morgan fingerprint density at radius 1 is 1.40 bits per heavy atom. The first-order valence-corrected chi connectivity index (χ1v) is 7.38. The number of benzene rings is 1.